The van der Waals surface area contributed by atoms with Gasteiger partial charge in [-0.1, -0.05) is 46.0 Å². The monoisotopic (exact) mass is 250 g/mol. The Bertz CT molecular complexity index is 357. The van der Waals surface area contributed by atoms with Gasteiger partial charge >= 0.3 is 0 Å². The van der Waals surface area contributed by atoms with E-state index in [1.165, 1.54) is 25.7 Å². The number of aryl methyl sites for hydroxylation is 1. The summed E-state index contributed by atoms with van der Waals surface area (Å²) in [5.41, 5.74) is 0.889. The number of carbonyl (C=O) groups excluding carboxylic acids is 1. The Morgan fingerprint density at radius 3 is 2.67 bits per heavy atom. The number of amides is 1. The standard InChI is InChI=1S/C15H26N2O/c1-4-5-6-7-8-9-13(2)15(18)16-14-10-11-17(3)12-14/h10-13H,4-9H2,1-3H3,(H,16,18). The van der Waals surface area contributed by atoms with Crippen LogP contribution in [0.4, 0.5) is 5.69 Å². The summed E-state index contributed by atoms with van der Waals surface area (Å²) in [5.74, 6) is 0.239. The van der Waals surface area contributed by atoms with Crippen LogP contribution in [0.5, 0.6) is 0 Å². The predicted molar refractivity (Wildman–Crippen MR) is 76.6 cm³/mol. The Balaban J connectivity index is 2.20. The maximum Gasteiger partial charge on any atom is 0.227 e. The molecular weight excluding hydrogens is 224 g/mol. The van der Waals surface area contributed by atoms with Gasteiger partial charge in [-0.15, -0.1) is 0 Å². The molecule has 102 valence electrons. The number of aromatic nitrogens is 1. The van der Waals surface area contributed by atoms with Gasteiger partial charge in [0.25, 0.3) is 0 Å². The van der Waals surface area contributed by atoms with Crippen molar-refractivity contribution in [2.45, 2.75) is 52.4 Å². The molecule has 0 spiro atoms. The summed E-state index contributed by atoms with van der Waals surface area (Å²) < 4.78 is 1.94. The van der Waals surface area contributed by atoms with Gasteiger partial charge in [-0.25, -0.2) is 0 Å². The summed E-state index contributed by atoms with van der Waals surface area (Å²) in [7, 11) is 1.95. The lowest BCUT2D eigenvalue weighted by molar-refractivity contribution is -0.119. The van der Waals surface area contributed by atoms with E-state index in [2.05, 4.69) is 12.2 Å². The third-order valence-corrected chi connectivity index (χ3v) is 3.29. The molecule has 1 N–H and O–H groups in total. The molecule has 0 saturated carbocycles. The molecule has 1 aromatic rings. The molecule has 1 atom stereocenters. The second-order valence-electron chi connectivity index (χ2n) is 5.16. The maximum absolute atomic E-state index is 11.9. The van der Waals surface area contributed by atoms with Crippen LogP contribution in [0.1, 0.15) is 52.4 Å². The molecule has 1 aromatic heterocycles. The van der Waals surface area contributed by atoms with Crippen LogP contribution >= 0.6 is 0 Å². The van der Waals surface area contributed by atoms with Crippen molar-refractivity contribution in [3.8, 4) is 0 Å². The minimum Gasteiger partial charge on any atom is -0.355 e. The lowest BCUT2D eigenvalue weighted by Gasteiger charge is -2.11. The highest BCUT2D eigenvalue weighted by Crippen LogP contribution is 2.14. The Kier molecular flexibility index (Phi) is 6.55. The quantitative estimate of drug-likeness (QED) is 0.696. The van der Waals surface area contributed by atoms with Gasteiger partial charge in [-0.05, 0) is 12.5 Å². The first-order valence-corrected chi connectivity index (χ1v) is 7.06. The highest BCUT2D eigenvalue weighted by molar-refractivity contribution is 5.92. The molecule has 3 heteroatoms. The normalized spacial score (nSPS) is 12.4. The average Bonchev–Trinajstić information content (AvgIpc) is 2.74. The van der Waals surface area contributed by atoms with E-state index >= 15 is 0 Å². The predicted octanol–water partition coefficient (Wildman–Crippen LogP) is 3.96. The van der Waals surface area contributed by atoms with Gasteiger partial charge < -0.3 is 9.88 Å². The van der Waals surface area contributed by atoms with E-state index in [9.17, 15) is 4.79 Å². The van der Waals surface area contributed by atoms with Crippen molar-refractivity contribution in [3.63, 3.8) is 0 Å². The minimum absolute atomic E-state index is 0.104. The van der Waals surface area contributed by atoms with Crippen LogP contribution < -0.4 is 5.32 Å². The second kappa shape index (κ2) is 7.96. The van der Waals surface area contributed by atoms with Gasteiger partial charge in [-0.3, -0.25) is 4.79 Å². The molecule has 18 heavy (non-hydrogen) atoms. The zero-order chi connectivity index (χ0) is 13.4. The average molecular weight is 250 g/mol. The molecule has 0 fully saturated rings. The first-order chi connectivity index (χ1) is 8.63. The van der Waals surface area contributed by atoms with Crippen molar-refractivity contribution in [3.05, 3.63) is 18.5 Å². The van der Waals surface area contributed by atoms with Gasteiger partial charge in [0.05, 0.1) is 5.69 Å². The third-order valence-electron chi connectivity index (χ3n) is 3.29. The zero-order valence-corrected chi connectivity index (χ0v) is 11.9. The van der Waals surface area contributed by atoms with Gasteiger partial charge in [0.2, 0.25) is 5.91 Å². The molecule has 0 aromatic carbocycles. The lowest BCUT2D eigenvalue weighted by atomic mass is 10.0. The summed E-state index contributed by atoms with van der Waals surface area (Å²) in [6, 6.07) is 1.92. The van der Waals surface area contributed by atoms with E-state index in [-0.39, 0.29) is 11.8 Å². The Labute approximate surface area is 111 Å². The van der Waals surface area contributed by atoms with E-state index in [0.717, 1.165) is 18.5 Å². The van der Waals surface area contributed by atoms with Crippen molar-refractivity contribution in [1.29, 1.82) is 0 Å². The highest BCUT2D eigenvalue weighted by Gasteiger charge is 2.12. The molecule has 0 bridgehead atoms. The largest absolute Gasteiger partial charge is 0.355 e. The van der Waals surface area contributed by atoms with Crippen LogP contribution in [0.3, 0.4) is 0 Å². The smallest absolute Gasteiger partial charge is 0.227 e. The Hall–Kier alpha value is -1.25. The molecule has 0 saturated heterocycles. The Morgan fingerprint density at radius 2 is 2.06 bits per heavy atom. The molecule has 0 aliphatic rings. The number of unbranched alkanes of at least 4 members (excludes halogenated alkanes) is 4. The van der Waals surface area contributed by atoms with Crippen LogP contribution in [0.2, 0.25) is 0 Å². The van der Waals surface area contributed by atoms with Gasteiger partial charge in [-0.2, -0.15) is 0 Å². The number of hydrogen-bond donors (Lipinski definition) is 1. The summed E-state index contributed by atoms with van der Waals surface area (Å²) >= 11 is 0. The van der Waals surface area contributed by atoms with Crippen LogP contribution in [-0.2, 0) is 11.8 Å². The van der Waals surface area contributed by atoms with E-state index in [0.29, 0.717) is 0 Å². The number of hydrogen-bond acceptors (Lipinski definition) is 1. The number of nitrogens with one attached hydrogen (secondary N) is 1. The fraction of sp³-hybridized carbons (Fsp3) is 0.667. The second-order valence-corrected chi connectivity index (χ2v) is 5.16. The number of rotatable bonds is 8. The third kappa shape index (κ3) is 5.39. The fourth-order valence-corrected chi connectivity index (χ4v) is 2.03. The van der Waals surface area contributed by atoms with Gasteiger partial charge in [0, 0.05) is 25.4 Å². The van der Waals surface area contributed by atoms with Crippen molar-refractivity contribution in [2.24, 2.45) is 13.0 Å². The Morgan fingerprint density at radius 1 is 1.33 bits per heavy atom. The summed E-state index contributed by atoms with van der Waals surface area (Å²) in [4.78, 5) is 11.9. The number of nitrogens with zero attached hydrogens (tertiary/aromatic N) is 1. The molecule has 1 rings (SSSR count). The molecule has 0 aliphatic heterocycles. The highest BCUT2D eigenvalue weighted by atomic mass is 16.1. The first kappa shape index (κ1) is 14.8. The van der Waals surface area contributed by atoms with Crippen LogP contribution in [0.15, 0.2) is 18.5 Å². The summed E-state index contributed by atoms with van der Waals surface area (Å²) in [6.07, 6.45) is 11.1. The first-order valence-electron chi connectivity index (χ1n) is 7.06. The van der Waals surface area contributed by atoms with E-state index in [1.807, 2.05) is 37.0 Å². The van der Waals surface area contributed by atoms with Crippen LogP contribution in [0, 0.1) is 5.92 Å². The molecule has 0 aliphatic carbocycles. The fourth-order valence-electron chi connectivity index (χ4n) is 2.03. The van der Waals surface area contributed by atoms with E-state index in [1.54, 1.807) is 0 Å². The van der Waals surface area contributed by atoms with Crippen molar-refractivity contribution >= 4 is 11.6 Å². The molecule has 3 nitrogen and oxygen atoms in total. The molecule has 1 unspecified atom stereocenters. The number of anilines is 1. The van der Waals surface area contributed by atoms with E-state index in [4.69, 9.17) is 0 Å². The molecule has 0 radical (unpaired) electrons. The number of carbonyl (C=O) groups is 1. The van der Waals surface area contributed by atoms with Gasteiger partial charge in [0.15, 0.2) is 0 Å². The zero-order valence-electron chi connectivity index (χ0n) is 11.9. The van der Waals surface area contributed by atoms with Crippen molar-refractivity contribution < 1.29 is 4.79 Å². The van der Waals surface area contributed by atoms with Crippen LogP contribution in [-0.4, -0.2) is 10.5 Å². The van der Waals surface area contributed by atoms with Gasteiger partial charge in [0.1, 0.15) is 0 Å². The maximum atomic E-state index is 11.9. The topological polar surface area (TPSA) is 34.0 Å². The molecular formula is C15H26N2O. The van der Waals surface area contributed by atoms with E-state index < -0.39 is 0 Å². The molecule has 1 amide bonds. The SMILES string of the molecule is CCCCCCCC(C)C(=O)Nc1ccn(C)c1. The summed E-state index contributed by atoms with van der Waals surface area (Å²) in [5, 5.41) is 2.95. The summed E-state index contributed by atoms with van der Waals surface area (Å²) in [6.45, 7) is 4.23. The van der Waals surface area contributed by atoms with Crippen molar-refractivity contribution in [2.75, 3.05) is 5.32 Å². The lowest BCUT2D eigenvalue weighted by Crippen LogP contribution is -2.20. The molecule has 1 heterocycles. The minimum atomic E-state index is 0.104. The van der Waals surface area contributed by atoms with Crippen molar-refractivity contribution in [1.82, 2.24) is 4.57 Å². The van der Waals surface area contributed by atoms with Crippen LogP contribution in [0.25, 0.3) is 0 Å².